The zero-order valence-corrected chi connectivity index (χ0v) is 10.7. The first-order valence-corrected chi connectivity index (χ1v) is 6.60. The Balaban J connectivity index is 1.90. The number of carbonyl (C=O) groups is 1. The molecule has 1 aliphatic carbocycles. The molecule has 1 aliphatic rings. The van der Waals surface area contributed by atoms with Crippen molar-refractivity contribution in [3.8, 4) is 0 Å². The Bertz CT molecular complexity index is 471. The van der Waals surface area contributed by atoms with Crippen molar-refractivity contribution in [1.82, 2.24) is 5.32 Å². The van der Waals surface area contributed by atoms with Crippen LogP contribution >= 0.6 is 0 Å². The van der Waals surface area contributed by atoms with Gasteiger partial charge in [-0.3, -0.25) is 4.79 Å². The van der Waals surface area contributed by atoms with Gasteiger partial charge in [0.25, 0.3) is 5.91 Å². The van der Waals surface area contributed by atoms with Crippen LogP contribution in [0, 0.1) is 17.6 Å². The van der Waals surface area contributed by atoms with Crippen LogP contribution in [0.4, 0.5) is 14.5 Å². The third-order valence-electron chi connectivity index (χ3n) is 3.64. The standard InChI is InChI=1S/C14H18F2N2O/c15-11-8-12(16)13(17)7-10(11)14(19)18-6-5-9-3-1-2-4-9/h7-9H,1-6,17H2,(H,18,19). The lowest BCUT2D eigenvalue weighted by molar-refractivity contribution is 0.0947. The van der Waals surface area contributed by atoms with E-state index in [4.69, 9.17) is 5.73 Å². The van der Waals surface area contributed by atoms with Crippen molar-refractivity contribution in [3.63, 3.8) is 0 Å². The Labute approximate surface area is 111 Å². The second-order valence-corrected chi connectivity index (χ2v) is 5.05. The van der Waals surface area contributed by atoms with Gasteiger partial charge >= 0.3 is 0 Å². The van der Waals surface area contributed by atoms with Crippen molar-refractivity contribution < 1.29 is 13.6 Å². The number of nitrogens with two attached hydrogens (primary N) is 1. The highest BCUT2D eigenvalue weighted by Crippen LogP contribution is 2.27. The van der Waals surface area contributed by atoms with Crippen LogP contribution in [0.15, 0.2) is 12.1 Å². The quantitative estimate of drug-likeness (QED) is 0.825. The molecule has 0 bridgehead atoms. The molecule has 0 heterocycles. The molecule has 0 saturated heterocycles. The molecule has 2 rings (SSSR count). The van der Waals surface area contributed by atoms with E-state index in [-0.39, 0.29) is 11.3 Å². The van der Waals surface area contributed by atoms with Gasteiger partial charge in [-0.05, 0) is 18.4 Å². The molecule has 0 unspecified atom stereocenters. The topological polar surface area (TPSA) is 55.1 Å². The molecule has 3 nitrogen and oxygen atoms in total. The van der Waals surface area contributed by atoms with Crippen LogP contribution in [0.5, 0.6) is 0 Å². The van der Waals surface area contributed by atoms with Gasteiger partial charge in [-0.15, -0.1) is 0 Å². The van der Waals surface area contributed by atoms with Gasteiger partial charge in [0.05, 0.1) is 11.3 Å². The fourth-order valence-corrected chi connectivity index (χ4v) is 2.52. The number of anilines is 1. The first-order chi connectivity index (χ1) is 9.08. The highest BCUT2D eigenvalue weighted by Gasteiger charge is 2.17. The molecule has 1 saturated carbocycles. The SMILES string of the molecule is Nc1cc(C(=O)NCCC2CCCC2)c(F)cc1F. The summed E-state index contributed by atoms with van der Waals surface area (Å²) in [4.78, 5) is 11.8. The van der Waals surface area contributed by atoms with E-state index in [0.29, 0.717) is 18.5 Å². The van der Waals surface area contributed by atoms with E-state index in [9.17, 15) is 13.6 Å². The predicted octanol–water partition coefficient (Wildman–Crippen LogP) is 2.86. The molecule has 1 aromatic rings. The second-order valence-electron chi connectivity index (χ2n) is 5.05. The zero-order valence-electron chi connectivity index (χ0n) is 10.7. The highest BCUT2D eigenvalue weighted by molar-refractivity contribution is 5.95. The molecule has 1 fully saturated rings. The number of carbonyl (C=O) groups excluding carboxylic acids is 1. The lowest BCUT2D eigenvalue weighted by atomic mass is 10.0. The number of nitrogens with one attached hydrogen (secondary N) is 1. The van der Waals surface area contributed by atoms with Gasteiger partial charge < -0.3 is 11.1 Å². The highest BCUT2D eigenvalue weighted by atomic mass is 19.1. The van der Waals surface area contributed by atoms with Gasteiger partial charge in [0.15, 0.2) is 0 Å². The second kappa shape index (κ2) is 5.99. The molecule has 0 atom stereocenters. The number of benzene rings is 1. The molecular formula is C14H18F2N2O. The first kappa shape index (κ1) is 13.8. The number of rotatable bonds is 4. The minimum absolute atomic E-state index is 0.203. The van der Waals surface area contributed by atoms with Crippen LogP contribution in [-0.4, -0.2) is 12.5 Å². The average Bonchev–Trinajstić information content (AvgIpc) is 2.86. The van der Waals surface area contributed by atoms with Crippen LogP contribution < -0.4 is 11.1 Å². The molecule has 104 valence electrons. The Morgan fingerprint density at radius 2 is 1.95 bits per heavy atom. The van der Waals surface area contributed by atoms with Crippen molar-refractivity contribution in [3.05, 3.63) is 29.3 Å². The largest absolute Gasteiger partial charge is 0.396 e. The number of hydrogen-bond donors (Lipinski definition) is 2. The van der Waals surface area contributed by atoms with Gasteiger partial charge in [-0.1, -0.05) is 25.7 Å². The molecule has 1 amide bonds. The summed E-state index contributed by atoms with van der Waals surface area (Å²) >= 11 is 0. The van der Waals surface area contributed by atoms with Gasteiger partial charge in [0, 0.05) is 12.6 Å². The predicted molar refractivity (Wildman–Crippen MR) is 69.7 cm³/mol. The Morgan fingerprint density at radius 1 is 1.26 bits per heavy atom. The summed E-state index contributed by atoms with van der Waals surface area (Å²) in [5.41, 5.74) is 4.91. The molecule has 0 aromatic heterocycles. The maximum absolute atomic E-state index is 13.5. The normalized spacial score (nSPS) is 15.7. The molecule has 0 radical (unpaired) electrons. The van der Waals surface area contributed by atoms with Crippen molar-refractivity contribution in [2.75, 3.05) is 12.3 Å². The van der Waals surface area contributed by atoms with Gasteiger partial charge in [-0.2, -0.15) is 0 Å². The fourth-order valence-electron chi connectivity index (χ4n) is 2.52. The Hall–Kier alpha value is -1.65. The monoisotopic (exact) mass is 268 g/mol. The maximum atomic E-state index is 13.5. The minimum atomic E-state index is -0.884. The van der Waals surface area contributed by atoms with E-state index in [1.54, 1.807) is 0 Å². The fraction of sp³-hybridized carbons (Fsp3) is 0.500. The van der Waals surface area contributed by atoms with E-state index >= 15 is 0 Å². The zero-order chi connectivity index (χ0) is 13.8. The maximum Gasteiger partial charge on any atom is 0.254 e. The summed E-state index contributed by atoms with van der Waals surface area (Å²) in [5.74, 6) is -1.62. The summed E-state index contributed by atoms with van der Waals surface area (Å²) in [6.45, 7) is 0.514. The third kappa shape index (κ3) is 3.43. The Morgan fingerprint density at radius 3 is 2.63 bits per heavy atom. The summed E-state index contributed by atoms with van der Waals surface area (Å²) < 4.78 is 26.4. The lowest BCUT2D eigenvalue weighted by Gasteiger charge is -2.10. The summed E-state index contributed by atoms with van der Waals surface area (Å²) in [6.07, 6.45) is 5.81. The first-order valence-electron chi connectivity index (χ1n) is 6.60. The van der Waals surface area contributed by atoms with Gasteiger partial charge in [-0.25, -0.2) is 8.78 Å². The number of nitrogen functional groups attached to an aromatic ring is 1. The van der Waals surface area contributed by atoms with Gasteiger partial charge in [0.2, 0.25) is 0 Å². The summed E-state index contributed by atoms with van der Waals surface area (Å²) in [7, 11) is 0. The van der Waals surface area contributed by atoms with E-state index in [1.165, 1.54) is 25.7 Å². The van der Waals surface area contributed by atoms with Crippen molar-refractivity contribution in [1.29, 1.82) is 0 Å². The van der Waals surface area contributed by atoms with E-state index < -0.39 is 17.5 Å². The average molecular weight is 268 g/mol. The van der Waals surface area contributed by atoms with Crippen LogP contribution in [0.3, 0.4) is 0 Å². The number of amides is 1. The smallest absolute Gasteiger partial charge is 0.254 e. The Kier molecular flexibility index (Phi) is 4.35. The lowest BCUT2D eigenvalue weighted by Crippen LogP contribution is -2.26. The molecule has 1 aromatic carbocycles. The van der Waals surface area contributed by atoms with E-state index in [2.05, 4.69) is 5.32 Å². The molecule has 5 heteroatoms. The van der Waals surface area contributed by atoms with Crippen molar-refractivity contribution >= 4 is 11.6 Å². The van der Waals surface area contributed by atoms with Crippen LogP contribution in [0.2, 0.25) is 0 Å². The number of halogens is 2. The van der Waals surface area contributed by atoms with Gasteiger partial charge in [0.1, 0.15) is 11.6 Å². The third-order valence-corrected chi connectivity index (χ3v) is 3.64. The molecule has 0 aliphatic heterocycles. The van der Waals surface area contributed by atoms with Crippen molar-refractivity contribution in [2.45, 2.75) is 32.1 Å². The van der Waals surface area contributed by atoms with Crippen LogP contribution in [-0.2, 0) is 0 Å². The summed E-state index contributed by atoms with van der Waals surface area (Å²) in [5, 5.41) is 2.66. The minimum Gasteiger partial charge on any atom is -0.396 e. The molecule has 0 spiro atoms. The van der Waals surface area contributed by atoms with E-state index in [1.807, 2.05) is 0 Å². The van der Waals surface area contributed by atoms with E-state index in [0.717, 1.165) is 12.5 Å². The molecule has 3 N–H and O–H groups in total. The molecular weight excluding hydrogens is 250 g/mol. The van der Waals surface area contributed by atoms with Crippen LogP contribution in [0.25, 0.3) is 0 Å². The van der Waals surface area contributed by atoms with Crippen LogP contribution in [0.1, 0.15) is 42.5 Å². The number of hydrogen-bond acceptors (Lipinski definition) is 2. The molecule has 19 heavy (non-hydrogen) atoms. The van der Waals surface area contributed by atoms with Crippen molar-refractivity contribution in [2.24, 2.45) is 5.92 Å². The summed E-state index contributed by atoms with van der Waals surface area (Å²) in [6, 6.07) is 1.68.